The Balaban J connectivity index is 1.45. The molecule has 17 heteroatoms. The third-order valence-corrected chi connectivity index (χ3v) is 10.7. The molecule has 1 aliphatic heterocycles. The average molecular weight is 766 g/mol. The summed E-state index contributed by atoms with van der Waals surface area (Å²) in [7, 11) is 0. The van der Waals surface area contributed by atoms with Crippen LogP contribution in [0.5, 0.6) is 5.75 Å². The molecule has 1 saturated heterocycles. The summed E-state index contributed by atoms with van der Waals surface area (Å²) in [6.07, 6.45) is 12.5. The van der Waals surface area contributed by atoms with Crippen LogP contribution >= 0.6 is 0 Å². The number of phenolic OH excluding ortho intramolecular Hbond substituents is 1. The molecule has 1 aromatic rings. The van der Waals surface area contributed by atoms with E-state index in [2.05, 4.69) is 25.9 Å². The minimum atomic E-state index is -1.13. The fourth-order valence-electron chi connectivity index (χ4n) is 7.42. The molecule has 5 amide bonds. The van der Waals surface area contributed by atoms with Gasteiger partial charge in [-0.3, -0.25) is 34.0 Å². The van der Waals surface area contributed by atoms with Gasteiger partial charge in [0.15, 0.2) is 11.9 Å². The zero-order valence-corrected chi connectivity index (χ0v) is 31.5. The van der Waals surface area contributed by atoms with Crippen LogP contribution in [0.2, 0.25) is 0 Å². The van der Waals surface area contributed by atoms with Crippen molar-refractivity contribution in [3.63, 3.8) is 0 Å². The van der Waals surface area contributed by atoms with Gasteiger partial charge in [-0.05, 0) is 74.5 Å². The zero-order valence-electron chi connectivity index (χ0n) is 31.5. The number of likely N-dealkylation sites (tertiary alicyclic amines) is 1. The van der Waals surface area contributed by atoms with Gasteiger partial charge in [0.05, 0.1) is 5.92 Å². The van der Waals surface area contributed by atoms with Crippen LogP contribution in [0.4, 0.5) is 0 Å². The molecule has 1 aromatic carbocycles. The molecule has 2 aliphatic carbocycles. The summed E-state index contributed by atoms with van der Waals surface area (Å²) in [5, 5.41) is 18.3. The molecule has 1 heterocycles. The molecule has 4 rings (SSSR count). The van der Waals surface area contributed by atoms with Crippen LogP contribution in [0.3, 0.4) is 0 Å². The number of unbranched alkanes of at least 4 members (excludes halogenated alkanes) is 1. The van der Waals surface area contributed by atoms with Gasteiger partial charge in [0.25, 0.3) is 0 Å². The summed E-state index contributed by atoms with van der Waals surface area (Å²) in [4.78, 5) is 77.1. The van der Waals surface area contributed by atoms with Crippen LogP contribution in [0, 0.1) is 17.8 Å². The average Bonchev–Trinajstić information content (AvgIpc) is 3.13. The SMILES string of the molecule is NC(=O)[C@H](CCCCN=C(N)N)NC(=O)[C@@H](Cc1ccc(O)cc1)NC(=O)[C@@H]1CCN1C(=O)[C@@H](CC1CCCCC1)NC(=O)[C@@H]1C=C[C@H](CN=C(N)N)CC1. The van der Waals surface area contributed by atoms with Crippen LogP contribution < -0.4 is 44.6 Å². The Morgan fingerprint density at radius 1 is 0.764 bits per heavy atom. The Kier molecular flexibility index (Phi) is 16.1. The first-order valence-electron chi connectivity index (χ1n) is 19.4. The zero-order chi connectivity index (χ0) is 39.9. The number of hydrogen-bond acceptors (Lipinski definition) is 8. The van der Waals surface area contributed by atoms with Crippen molar-refractivity contribution in [2.75, 3.05) is 19.6 Å². The van der Waals surface area contributed by atoms with Crippen molar-refractivity contribution < 1.29 is 29.1 Å². The quantitative estimate of drug-likeness (QED) is 0.0385. The first-order valence-corrected chi connectivity index (χ1v) is 19.4. The predicted octanol–water partition coefficient (Wildman–Crippen LogP) is -0.255. The Bertz CT molecular complexity index is 1570. The molecule has 1 saturated carbocycles. The van der Waals surface area contributed by atoms with Crippen molar-refractivity contribution in [2.45, 2.75) is 108 Å². The second-order valence-electron chi connectivity index (χ2n) is 14.9. The van der Waals surface area contributed by atoms with Gasteiger partial charge in [-0.2, -0.15) is 0 Å². The first-order chi connectivity index (χ1) is 26.3. The van der Waals surface area contributed by atoms with E-state index in [0.29, 0.717) is 57.3 Å². The highest BCUT2D eigenvalue weighted by Gasteiger charge is 2.43. The second kappa shape index (κ2) is 20.9. The topological polar surface area (TPSA) is 300 Å². The number of amides is 5. The number of carbonyl (C=O) groups excluding carboxylic acids is 5. The number of hydrogen-bond donors (Lipinski definition) is 9. The van der Waals surface area contributed by atoms with Crippen molar-refractivity contribution in [1.82, 2.24) is 20.9 Å². The van der Waals surface area contributed by atoms with Crippen molar-refractivity contribution in [2.24, 2.45) is 56.4 Å². The molecule has 302 valence electrons. The maximum Gasteiger partial charge on any atom is 0.245 e. The third-order valence-electron chi connectivity index (χ3n) is 10.7. The third kappa shape index (κ3) is 13.5. The van der Waals surface area contributed by atoms with E-state index in [1.165, 1.54) is 17.0 Å². The molecule has 0 aromatic heterocycles. The number of nitrogens with one attached hydrogen (secondary N) is 3. The number of aliphatic imine (C=N–C) groups is 2. The van der Waals surface area contributed by atoms with E-state index in [9.17, 15) is 29.1 Å². The maximum atomic E-state index is 14.2. The van der Waals surface area contributed by atoms with Crippen molar-refractivity contribution in [3.8, 4) is 5.75 Å². The predicted molar refractivity (Wildman–Crippen MR) is 209 cm³/mol. The molecule has 2 fully saturated rings. The van der Waals surface area contributed by atoms with E-state index in [-0.39, 0.29) is 54.2 Å². The van der Waals surface area contributed by atoms with Gasteiger partial charge in [0.1, 0.15) is 29.9 Å². The van der Waals surface area contributed by atoms with Crippen LogP contribution in [0.1, 0.15) is 82.6 Å². The lowest BCUT2D eigenvalue weighted by atomic mass is 9.83. The molecule has 0 unspecified atom stereocenters. The molecule has 17 nitrogen and oxygen atoms in total. The van der Waals surface area contributed by atoms with Gasteiger partial charge in [-0.25, -0.2) is 0 Å². The summed E-state index contributed by atoms with van der Waals surface area (Å²) in [6.45, 7) is 1.12. The molecule has 0 bridgehead atoms. The normalized spacial score (nSPS) is 21.2. The van der Waals surface area contributed by atoms with Crippen molar-refractivity contribution in [1.29, 1.82) is 0 Å². The number of primary amides is 1. The van der Waals surface area contributed by atoms with Crippen molar-refractivity contribution in [3.05, 3.63) is 42.0 Å². The number of carbonyl (C=O) groups is 5. The summed E-state index contributed by atoms with van der Waals surface area (Å²) in [5.41, 5.74) is 28.0. The van der Waals surface area contributed by atoms with E-state index in [1.54, 1.807) is 12.1 Å². The number of guanidine groups is 2. The molecule has 55 heavy (non-hydrogen) atoms. The molecule has 6 atom stereocenters. The Hall–Kier alpha value is -5.35. The first kappa shape index (κ1) is 42.4. The van der Waals surface area contributed by atoms with E-state index in [4.69, 9.17) is 28.7 Å². The largest absolute Gasteiger partial charge is 0.508 e. The van der Waals surface area contributed by atoms with Crippen molar-refractivity contribution >= 4 is 41.5 Å². The number of nitrogens with two attached hydrogens (primary N) is 5. The van der Waals surface area contributed by atoms with Gasteiger partial charge in [0.2, 0.25) is 29.5 Å². The summed E-state index contributed by atoms with van der Waals surface area (Å²) < 4.78 is 0. The number of rotatable bonds is 19. The van der Waals surface area contributed by atoms with Gasteiger partial charge in [0, 0.05) is 26.1 Å². The molecule has 3 aliphatic rings. The van der Waals surface area contributed by atoms with Gasteiger partial charge in [-0.1, -0.05) is 56.4 Å². The lowest BCUT2D eigenvalue weighted by molar-refractivity contribution is -0.151. The van der Waals surface area contributed by atoms with Crippen LogP contribution in [-0.2, 0) is 30.4 Å². The monoisotopic (exact) mass is 765 g/mol. The fourth-order valence-corrected chi connectivity index (χ4v) is 7.42. The highest BCUT2D eigenvalue weighted by molar-refractivity contribution is 5.96. The van der Waals surface area contributed by atoms with E-state index >= 15 is 0 Å². The standard InChI is InChI=1S/C38H59N11O6/c39-32(51)28(8-4-5-18-44-37(40)41)46-34(53)29(20-24-11-15-27(50)16-12-24)47-35(54)31-17-19-49(31)36(55)30(21-23-6-2-1-3-7-23)48-33(52)26-13-9-25(10-14-26)22-45-38(42)43/h9,11-13,15-16,23,25-26,28-31,50H,1-8,10,14,17-22H2,(H2,39,51)(H,46,53)(H,47,54)(H,48,52)(H4,40,41,44)(H4,42,43,45)/t25-,26+,28-,29+,30+,31-/m0/s1. The fraction of sp³-hybridized carbons (Fsp3) is 0.605. The summed E-state index contributed by atoms with van der Waals surface area (Å²) in [6, 6.07) is 2.37. The number of nitrogens with zero attached hydrogens (tertiary/aromatic N) is 3. The van der Waals surface area contributed by atoms with Crippen LogP contribution in [-0.4, -0.2) is 95.3 Å². The highest BCUT2D eigenvalue weighted by atomic mass is 16.3. The van der Waals surface area contributed by atoms with Gasteiger partial charge < -0.3 is 54.6 Å². The highest BCUT2D eigenvalue weighted by Crippen LogP contribution is 2.30. The summed E-state index contributed by atoms with van der Waals surface area (Å²) >= 11 is 0. The van der Waals surface area contributed by atoms with Crippen LogP contribution in [0.15, 0.2) is 46.4 Å². The smallest absolute Gasteiger partial charge is 0.245 e. The lowest BCUT2D eigenvalue weighted by Crippen LogP contribution is -2.64. The maximum absolute atomic E-state index is 14.2. The van der Waals surface area contributed by atoms with Crippen LogP contribution in [0.25, 0.3) is 0 Å². The molecule has 0 spiro atoms. The van der Waals surface area contributed by atoms with Gasteiger partial charge in [-0.15, -0.1) is 0 Å². The number of benzene rings is 1. The Morgan fingerprint density at radius 3 is 2.05 bits per heavy atom. The minimum Gasteiger partial charge on any atom is -0.508 e. The molecule has 14 N–H and O–H groups in total. The van der Waals surface area contributed by atoms with E-state index in [0.717, 1.165) is 38.5 Å². The van der Waals surface area contributed by atoms with E-state index in [1.807, 2.05) is 12.2 Å². The molecular formula is C38H59N11O6. The Labute approximate surface area is 322 Å². The number of phenols is 1. The second-order valence-corrected chi connectivity index (χ2v) is 14.9. The number of aromatic hydroxyl groups is 1. The lowest BCUT2D eigenvalue weighted by Gasteiger charge is -2.42. The Morgan fingerprint density at radius 2 is 1.45 bits per heavy atom. The molecular weight excluding hydrogens is 706 g/mol. The summed E-state index contributed by atoms with van der Waals surface area (Å²) in [5.74, 6) is -2.47. The van der Waals surface area contributed by atoms with E-state index < -0.39 is 47.8 Å². The molecule has 0 radical (unpaired) electrons. The van der Waals surface area contributed by atoms with Gasteiger partial charge >= 0.3 is 0 Å². The minimum absolute atomic E-state index is 0.0200.